The van der Waals surface area contributed by atoms with E-state index in [1.54, 1.807) is 18.2 Å². The lowest BCUT2D eigenvalue weighted by atomic mass is 10.1. The first kappa shape index (κ1) is 19.1. The van der Waals surface area contributed by atoms with Gasteiger partial charge in [-0.2, -0.15) is 4.98 Å². The maximum absolute atomic E-state index is 13.2. The van der Waals surface area contributed by atoms with E-state index in [-0.39, 0.29) is 12.6 Å². The lowest BCUT2D eigenvalue weighted by Gasteiger charge is -2.19. The summed E-state index contributed by atoms with van der Waals surface area (Å²) in [5.41, 5.74) is 0.700. The molecule has 1 aromatic carbocycles. The van der Waals surface area contributed by atoms with Crippen molar-refractivity contribution < 1.29 is 23.5 Å². The molecule has 0 radical (unpaired) electrons. The second-order valence-electron chi connectivity index (χ2n) is 6.82. The first-order chi connectivity index (χ1) is 13.5. The number of likely N-dealkylation sites (tertiary alicyclic amines) is 1. The van der Waals surface area contributed by atoms with Crippen LogP contribution in [-0.2, 0) is 19.6 Å². The summed E-state index contributed by atoms with van der Waals surface area (Å²) in [6.45, 7) is 0.732. The fraction of sp³-hybridized carbons (Fsp3) is 0.368. The average Bonchev–Trinajstić information content (AvgIpc) is 3.38. The van der Waals surface area contributed by atoms with E-state index >= 15 is 0 Å². The number of β-amino-alcohol motifs (C(OH)–C–C–N with tert-alkyl or cyclic N) is 1. The zero-order valence-corrected chi connectivity index (χ0v) is 15.6. The van der Waals surface area contributed by atoms with Gasteiger partial charge in [0.25, 0.3) is 0 Å². The van der Waals surface area contributed by atoms with E-state index < -0.39 is 11.9 Å². The molecule has 0 spiro atoms. The summed E-state index contributed by atoms with van der Waals surface area (Å²) in [6.07, 6.45) is 0.266. The average molecular weight is 408 g/mol. The zero-order chi connectivity index (χ0) is 19.7. The molecule has 0 bridgehead atoms. The van der Waals surface area contributed by atoms with Crippen LogP contribution in [0.1, 0.15) is 41.3 Å². The Kier molecular flexibility index (Phi) is 5.45. The minimum absolute atomic E-state index is 0.162. The van der Waals surface area contributed by atoms with Crippen molar-refractivity contribution in [2.75, 3.05) is 6.54 Å². The molecule has 0 amide bonds. The van der Waals surface area contributed by atoms with Crippen LogP contribution in [0.3, 0.4) is 0 Å². The third-order valence-corrected chi connectivity index (χ3v) is 5.10. The predicted octanol–water partition coefficient (Wildman–Crippen LogP) is 2.85. The Morgan fingerprint density at radius 3 is 2.82 bits per heavy atom. The molecule has 0 aliphatic carbocycles. The van der Waals surface area contributed by atoms with E-state index in [1.165, 1.54) is 12.1 Å². The van der Waals surface area contributed by atoms with Crippen LogP contribution < -0.4 is 0 Å². The number of aromatic nitrogens is 2. The molecule has 2 N–H and O–H groups in total. The largest absolute Gasteiger partial charge is 0.462 e. The molecular weight excluding hydrogens is 389 g/mol. The molecule has 28 heavy (non-hydrogen) atoms. The Hall–Kier alpha value is -2.26. The van der Waals surface area contributed by atoms with Gasteiger partial charge >= 0.3 is 0 Å². The molecule has 1 saturated heterocycles. The fourth-order valence-electron chi connectivity index (χ4n) is 3.41. The Morgan fingerprint density at radius 1 is 1.25 bits per heavy atom. The van der Waals surface area contributed by atoms with E-state index in [9.17, 15) is 9.50 Å². The highest BCUT2D eigenvalue weighted by Crippen LogP contribution is 2.33. The van der Waals surface area contributed by atoms with Crippen molar-refractivity contribution in [3.63, 3.8) is 0 Å². The first-order valence-corrected chi connectivity index (χ1v) is 9.26. The molecular formula is C19H19ClFN3O4. The maximum Gasteiger partial charge on any atom is 0.244 e. The quantitative estimate of drug-likeness (QED) is 0.648. The number of furan rings is 1. The van der Waals surface area contributed by atoms with Gasteiger partial charge in [-0.1, -0.05) is 22.8 Å². The minimum Gasteiger partial charge on any atom is -0.462 e. The molecule has 148 valence electrons. The van der Waals surface area contributed by atoms with Gasteiger partial charge in [0.2, 0.25) is 5.89 Å². The molecule has 4 rings (SSSR count). The van der Waals surface area contributed by atoms with Gasteiger partial charge in [0.1, 0.15) is 23.9 Å². The standard InChI is InChI=1S/C19H19ClFN3O4/c20-16-6-12(21)2-1-11(16)5-18-22-19(28-23-18)17-7-13(26)8-24(17)9-14-3-4-15(10-25)27-14/h1-4,6,13,17,25-26H,5,7-10H2/t13-,17-/m1/s1. The normalized spacial score (nSPS) is 20.1. The van der Waals surface area contributed by atoms with Gasteiger partial charge in [-0.15, -0.1) is 0 Å². The molecule has 7 nitrogen and oxygen atoms in total. The molecule has 0 saturated carbocycles. The van der Waals surface area contributed by atoms with Gasteiger partial charge in [-0.05, 0) is 36.2 Å². The lowest BCUT2D eigenvalue weighted by molar-refractivity contribution is 0.160. The highest BCUT2D eigenvalue weighted by Gasteiger charge is 2.36. The van der Waals surface area contributed by atoms with Gasteiger partial charge in [-0.3, -0.25) is 4.90 Å². The number of nitrogens with zero attached hydrogens (tertiary/aromatic N) is 3. The van der Waals surface area contributed by atoms with Gasteiger partial charge in [-0.25, -0.2) is 4.39 Å². The van der Waals surface area contributed by atoms with Crippen LogP contribution in [0, 0.1) is 5.82 Å². The summed E-state index contributed by atoms with van der Waals surface area (Å²) in [7, 11) is 0. The van der Waals surface area contributed by atoms with Crippen LogP contribution in [0.4, 0.5) is 4.39 Å². The fourth-order valence-corrected chi connectivity index (χ4v) is 3.65. The summed E-state index contributed by atoms with van der Waals surface area (Å²) in [5, 5.41) is 23.5. The van der Waals surface area contributed by atoms with Crippen molar-refractivity contribution in [1.82, 2.24) is 15.0 Å². The first-order valence-electron chi connectivity index (χ1n) is 8.89. The second kappa shape index (κ2) is 8.00. The van der Waals surface area contributed by atoms with Crippen LogP contribution >= 0.6 is 11.6 Å². The van der Waals surface area contributed by atoms with E-state index in [4.69, 9.17) is 25.6 Å². The Bertz CT molecular complexity index is 960. The molecule has 2 atom stereocenters. The van der Waals surface area contributed by atoms with Crippen molar-refractivity contribution in [3.8, 4) is 0 Å². The zero-order valence-electron chi connectivity index (χ0n) is 14.9. The van der Waals surface area contributed by atoms with Crippen LogP contribution in [-0.4, -0.2) is 37.9 Å². The number of rotatable bonds is 6. The van der Waals surface area contributed by atoms with Crippen LogP contribution in [0.15, 0.2) is 39.3 Å². The monoisotopic (exact) mass is 407 g/mol. The third-order valence-electron chi connectivity index (χ3n) is 4.75. The molecule has 3 heterocycles. The Morgan fingerprint density at radius 2 is 2.07 bits per heavy atom. The van der Waals surface area contributed by atoms with Crippen molar-refractivity contribution in [3.05, 3.63) is 70.0 Å². The van der Waals surface area contributed by atoms with Crippen LogP contribution in [0.2, 0.25) is 5.02 Å². The van der Waals surface area contributed by atoms with Crippen molar-refractivity contribution >= 4 is 11.6 Å². The van der Waals surface area contributed by atoms with E-state index in [0.717, 1.165) is 0 Å². The molecule has 1 aliphatic rings. The Balaban J connectivity index is 1.49. The van der Waals surface area contributed by atoms with E-state index in [1.807, 2.05) is 4.90 Å². The molecule has 9 heteroatoms. The summed E-state index contributed by atoms with van der Waals surface area (Å²) in [4.78, 5) is 6.44. The number of benzene rings is 1. The predicted molar refractivity (Wildman–Crippen MR) is 96.9 cm³/mol. The van der Waals surface area contributed by atoms with Crippen molar-refractivity contribution in [1.29, 1.82) is 0 Å². The summed E-state index contributed by atoms with van der Waals surface area (Å²) in [6, 6.07) is 7.44. The highest BCUT2D eigenvalue weighted by molar-refractivity contribution is 6.31. The van der Waals surface area contributed by atoms with E-state index in [0.29, 0.717) is 59.8 Å². The third kappa shape index (κ3) is 4.10. The molecule has 0 unspecified atom stereocenters. The Labute approximate surface area is 165 Å². The topological polar surface area (TPSA) is 95.8 Å². The van der Waals surface area contributed by atoms with Crippen molar-refractivity contribution in [2.45, 2.75) is 38.1 Å². The number of aliphatic hydroxyl groups is 2. The van der Waals surface area contributed by atoms with Crippen molar-refractivity contribution in [2.24, 2.45) is 0 Å². The second-order valence-corrected chi connectivity index (χ2v) is 7.23. The number of aliphatic hydroxyl groups excluding tert-OH is 2. The molecule has 1 aliphatic heterocycles. The highest BCUT2D eigenvalue weighted by atomic mass is 35.5. The molecule has 1 fully saturated rings. The smallest absolute Gasteiger partial charge is 0.244 e. The number of halogens is 2. The summed E-state index contributed by atoms with van der Waals surface area (Å²) < 4.78 is 24.2. The minimum atomic E-state index is -0.515. The summed E-state index contributed by atoms with van der Waals surface area (Å²) in [5.74, 6) is 1.60. The van der Waals surface area contributed by atoms with E-state index in [2.05, 4.69) is 10.1 Å². The van der Waals surface area contributed by atoms with Crippen LogP contribution in [0.25, 0.3) is 0 Å². The lowest BCUT2D eigenvalue weighted by Crippen LogP contribution is -2.24. The number of hydrogen-bond donors (Lipinski definition) is 2. The number of hydrogen-bond acceptors (Lipinski definition) is 7. The van der Waals surface area contributed by atoms with Gasteiger partial charge in [0.05, 0.1) is 18.7 Å². The SMILES string of the molecule is OCc1ccc(CN2C[C@H](O)C[C@@H]2c2nc(Cc3ccc(F)cc3Cl)no2)o1. The van der Waals surface area contributed by atoms with Gasteiger partial charge in [0.15, 0.2) is 5.82 Å². The summed E-state index contributed by atoms with van der Waals surface area (Å²) >= 11 is 6.06. The molecule has 2 aromatic heterocycles. The molecule has 3 aromatic rings. The van der Waals surface area contributed by atoms with Gasteiger partial charge in [0, 0.05) is 18.0 Å². The van der Waals surface area contributed by atoms with Crippen LogP contribution in [0.5, 0.6) is 0 Å². The van der Waals surface area contributed by atoms with Gasteiger partial charge < -0.3 is 19.2 Å². The maximum atomic E-state index is 13.2.